The summed E-state index contributed by atoms with van der Waals surface area (Å²) in [6, 6.07) is 5.15. The normalized spacial score (nSPS) is 10.6. The second-order valence-corrected chi connectivity index (χ2v) is 3.23. The Morgan fingerprint density at radius 2 is 2.14 bits per heavy atom. The van der Waals surface area contributed by atoms with Crippen LogP contribution >= 0.6 is 11.6 Å². The molecule has 0 aromatic heterocycles. The molecule has 0 unspecified atom stereocenters. The maximum atomic E-state index is 11.8. The van der Waals surface area contributed by atoms with Gasteiger partial charge in [0.05, 0.1) is 5.02 Å². The highest BCUT2D eigenvalue weighted by atomic mass is 35.5. The molecule has 0 fully saturated rings. The van der Waals surface area contributed by atoms with E-state index < -0.39 is 13.0 Å². The van der Waals surface area contributed by atoms with E-state index in [1.807, 2.05) is 13.0 Å². The lowest BCUT2D eigenvalue weighted by Crippen LogP contribution is -2.07. The maximum absolute atomic E-state index is 11.8. The third kappa shape index (κ3) is 3.14. The Morgan fingerprint density at radius 1 is 1.43 bits per heavy atom. The number of halogens is 3. The van der Waals surface area contributed by atoms with Crippen LogP contribution in [0.1, 0.15) is 12.5 Å². The minimum atomic E-state index is -2.48. The third-order valence-corrected chi connectivity index (χ3v) is 2.06. The van der Waals surface area contributed by atoms with Crippen molar-refractivity contribution in [1.82, 2.24) is 0 Å². The van der Waals surface area contributed by atoms with Gasteiger partial charge in [0.1, 0.15) is 12.4 Å². The Balaban J connectivity index is 2.69. The predicted octanol–water partition coefficient (Wildman–Crippen LogP) is 3.55. The number of hydrogen-bond acceptors (Lipinski definition) is 1. The molecule has 1 nitrogen and oxygen atoms in total. The first-order valence-corrected chi connectivity index (χ1v) is 4.70. The van der Waals surface area contributed by atoms with Crippen molar-refractivity contribution in [3.63, 3.8) is 0 Å². The summed E-state index contributed by atoms with van der Waals surface area (Å²) in [6.07, 6.45) is -1.62. The minimum absolute atomic E-state index is 0.309. The molecule has 0 aliphatic carbocycles. The first-order chi connectivity index (χ1) is 6.63. The SMILES string of the molecule is CCc1ccc(OCC(F)F)c(Cl)c1. The fourth-order valence-electron chi connectivity index (χ4n) is 1.03. The van der Waals surface area contributed by atoms with Gasteiger partial charge in [0.25, 0.3) is 6.43 Å². The van der Waals surface area contributed by atoms with E-state index in [9.17, 15) is 8.78 Å². The summed E-state index contributed by atoms with van der Waals surface area (Å²) >= 11 is 5.82. The van der Waals surface area contributed by atoms with Crippen molar-refractivity contribution in [3.05, 3.63) is 28.8 Å². The zero-order valence-corrected chi connectivity index (χ0v) is 8.52. The average molecular weight is 221 g/mol. The van der Waals surface area contributed by atoms with Crippen LogP contribution in [0.15, 0.2) is 18.2 Å². The van der Waals surface area contributed by atoms with Crippen LogP contribution in [-0.2, 0) is 6.42 Å². The van der Waals surface area contributed by atoms with Crippen LogP contribution in [-0.4, -0.2) is 13.0 Å². The van der Waals surface area contributed by atoms with Crippen LogP contribution in [0.3, 0.4) is 0 Å². The largest absolute Gasteiger partial charge is 0.486 e. The summed E-state index contributed by atoms with van der Waals surface area (Å²) in [5.74, 6) is 0.309. The highest BCUT2D eigenvalue weighted by molar-refractivity contribution is 6.32. The molecule has 1 rings (SSSR count). The van der Waals surface area contributed by atoms with Gasteiger partial charge in [-0.15, -0.1) is 0 Å². The first kappa shape index (κ1) is 11.2. The van der Waals surface area contributed by atoms with Crippen LogP contribution in [0.2, 0.25) is 5.02 Å². The zero-order valence-electron chi connectivity index (χ0n) is 7.77. The lowest BCUT2D eigenvalue weighted by molar-refractivity contribution is 0.0819. The second-order valence-electron chi connectivity index (χ2n) is 2.82. The van der Waals surface area contributed by atoms with Crippen molar-refractivity contribution >= 4 is 11.6 Å². The monoisotopic (exact) mass is 220 g/mol. The molecule has 0 atom stereocenters. The molecule has 0 saturated heterocycles. The summed E-state index contributed by atoms with van der Waals surface area (Å²) in [7, 11) is 0. The molecule has 78 valence electrons. The van der Waals surface area contributed by atoms with E-state index in [1.165, 1.54) is 0 Å². The molecule has 0 amide bonds. The molecule has 0 spiro atoms. The van der Waals surface area contributed by atoms with Gasteiger partial charge in [0.2, 0.25) is 0 Å². The molecule has 14 heavy (non-hydrogen) atoms. The Labute approximate surface area is 86.6 Å². The topological polar surface area (TPSA) is 9.23 Å². The van der Waals surface area contributed by atoms with Gasteiger partial charge in [-0.25, -0.2) is 8.78 Å². The molecule has 1 aromatic rings. The molecule has 1 aromatic carbocycles. The summed E-state index contributed by atoms with van der Waals surface area (Å²) in [4.78, 5) is 0. The zero-order chi connectivity index (χ0) is 10.6. The summed E-state index contributed by atoms with van der Waals surface area (Å²) in [5.41, 5.74) is 1.05. The molecule has 4 heteroatoms. The van der Waals surface area contributed by atoms with E-state index in [2.05, 4.69) is 0 Å². The van der Waals surface area contributed by atoms with Gasteiger partial charge in [-0.1, -0.05) is 24.6 Å². The van der Waals surface area contributed by atoms with Crippen LogP contribution in [0.4, 0.5) is 8.78 Å². The minimum Gasteiger partial charge on any atom is -0.486 e. The van der Waals surface area contributed by atoms with Crippen LogP contribution in [0, 0.1) is 0 Å². The van der Waals surface area contributed by atoms with Gasteiger partial charge in [0, 0.05) is 0 Å². The number of ether oxygens (including phenoxy) is 1. The van der Waals surface area contributed by atoms with Crippen LogP contribution in [0.5, 0.6) is 5.75 Å². The molecule has 0 bridgehead atoms. The smallest absolute Gasteiger partial charge is 0.272 e. The van der Waals surface area contributed by atoms with Crippen molar-refractivity contribution in [2.45, 2.75) is 19.8 Å². The quantitative estimate of drug-likeness (QED) is 0.754. The van der Waals surface area contributed by atoms with E-state index in [0.29, 0.717) is 10.8 Å². The summed E-state index contributed by atoms with van der Waals surface area (Å²) in [6.45, 7) is 1.37. The van der Waals surface area contributed by atoms with Gasteiger partial charge >= 0.3 is 0 Å². The van der Waals surface area contributed by atoms with E-state index in [1.54, 1.807) is 12.1 Å². The standard InChI is InChI=1S/C10H11ClF2O/c1-2-7-3-4-9(8(11)5-7)14-6-10(12)13/h3-5,10H,2,6H2,1H3. The number of aryl methyl sites for hydroxylation is 1. The Hall–Kier alpha value is -0.830. The highest BCUT2D eigenvalue weighted by Gasteiger charge is 2.06. The summed E-state index contributed by atoms with van der Waals surface area (Å²) in [5, 5.41) is 0.380. The maximum Gasteiger partial charge on any atom is 0.272 e. The predicted molar refractivity (Wildman–Crippen MR) is 52.3 cm³/mol. The van der Waals surface area contributed by atoms with Crippen LogP contribution < -0.4 is 4.74 Å². The fraction of sp³-hybridized carbons (Fsp3) is 0.400. The molecule has 0 aliphatic rings. The Bertz CT molecular complexity index is 302. The van der Waals surface area contributed by atoms with E-state index in [4.69, 9.17) is 16.3 Å². The molecule has 0 radical (unpaired) electrons. The fourth-order valence-corrected chi connectivity index (χ4v) is 1.29. The first-order valence-electron chi connectivity index (χ1n) is 4.33. The van der Waals surface area contributed by atoms with Gasteiger partial charge in [-0.3, -0.25) is 0 Å². The summed E-state index contributed by atoms with van der Waals surface area (Å²) < 4.78 is 28.5. The van der Waals surface area contributed by atoms with Crippen molar-refractivity contribution in [1.29, 1.82) is 0 Å². The molecule has 0 saturated carbocycles. The van der Waals surface area contributed by atoms with E-state index in [0.717, 1.165) is 12.0 Å². The van der Waals surface area contributed by atoms with Crippen molar-refractivity contribution < 1.29 is 13.5 Å². The van der Waals surface area contributed by atoms with Gasteiger partial charge in [-0.05, 0) is 24.1 Å². The van der Waals surface area contributed by atoms with Crippen molar-refractivity contribution in [2.24, 2.45) is 0 Å². The number of hydrogen-bond donors (Lipinski definition) is 0. The number of benzene rings is 1. The third-order valence-electron chi connectivity index (χ3n) is 1.77. The lowest BCUT2D eigenvalue weighted by Gasteiger charge is -2.08. The van der Waals surface area contributed by atoms with E-state index in [-0.39, 0.29) is 0 Å². The molecular weight excluding hydrogens is 210 g/mol. The second kappa shape index (κ2) is 5.15. The molecule has 0 aliphatic heterocycles. The molecular formula is C10H11ClF2O. The number of alkyl halides is 2. The van der Waals surface area contributed by atoms with Crippen LogP contribution in [0.25, 0.3) is 0 Å². The van der Waals surface area contributed by atoms with Gasteiger partial charge < -0.3 is 4.74 Å². The van der Waals surface area contributed by atoms with Crippen molar-refractivity contribution in [2.75, 3.05) is 6.61 Å². The van der Waals surface area contributed by atoms with Crippen molar-refractivity contribution in [3.8, 4) is 5.75 Å². The molecule has 0 N–H and O–H groups in total. The Kier molecular flexibility index (Phi) is 4.14. The molecule has 0 heterocycles. The van der Waals surface area contributed by atoms with Gasteiger partial charge in [0.15, 0.2) is 0 Å². The highest BCUT2D eigenvalue weighted by Crippen LogP contribution is 2.25. The lowest BCUT2D eigenvalue weighted by atomic mass is 10.2. The number of rotatable bonds is 4. The average Bonchev–Trinajstić information content (AvgIpc) is 2.15. The van der Waals surface area contributed by atoms with Gasteiger partial charge in [-0.2, -0.15) is 0 Å². The van der Waals surface area contributed by atoms with E-state index >= 15 is 0 Å². The Morgan fingerprint density at radius 3 is 2.64 bits per heavy atom.